The molecule has 0 N–H and O–H groups in total. The molecule has 2 nitrogen and oxygen atoms in total. The molecule has 0 amide bonds. The lowest BCUT2D eigenvalue weighted by atomic mass is 9.89. The van der Waals surface area contributed by atoms with Gasteiger partial charge >= 0.3 is 5.97 Å². The number of alkyl halides is 3. The highest BCUT2D eigenvalue weighted by atomic mass is 35.6. The Balaban J connectivity index is 2.01. The van der Waals surface area contributed by atoms with Gasteiger partial charge in [0.05, 0.1) is 6.61 Å². The van der Waals surface area contributed by atoms with Gasteiger partial charge in [0.15, 0.2) is 0 Å². The van der Waals surface area contributed by atoms with Gasteiger partial charge in [-0.25, -0.2) is 4.79 Å². The van der Waals surface area contributed by atoms with E-state index in [-0.39, 0.29) is 12.5 Å². The van der Waals surface area contributed by atoms with E-state index in [2.05, 4.69) is 24.3 Å². The van der Waals surface area contributed by atoms with Gasteiger partial charge in [-0.3, -0.25) is 0 Å². The summed E-state index contributed by atoms with van der Waals surface area (Å²) in [5.41, 5.74) is 2.43. The van der Waals surface area contributed by atoms with E-state index < -0.39 is 9.76 Å². The van der Waals surface area contributed by atoms with Crippen molar-refractivity contribution in [2.45, 2.75) is 22.6 Å². The van der Waals surface area contributed by atoms with Crippen molar-refractivity contribution in [3.8, 4) is 0 Å². The maximum atomic E-state index is 11.5. The Labute approximate surface area is 151 Å². The normalized spacial score (nSPS) is 12.7. The van der Waals surface area contributed by atoms with Crippen molar-refractivity contribution in [2.24, 2.45) is 0 Å². The second-order valence-corrected chi connectivity index (χ2v) is 7.50. The van der Waals surface area contributed by atoms with Crippen molar-refractivity contribution in [3.63, 3.8) is 0 Å². The highest BCUT2D eigenvalue weighted by Gasteiger charge is 2.32. The number of halogens is 3. The first kappa shape index (κ1) is 18.1. The predicted molar refractivity (Wildman–Crippen MR) is 95.2 cm³/mol. The smallest absolute Gasteiger partial charge is 0.358 e. The van der Waals surface area contributed by atoms with Crippen LogP contribution in [0.1, 0.15) is 23.5 Å². The fourth-order valence-corrected chi connectivity index (χ4v) is 2.55. The molecule has 0 spiro atoms. The van der Waals surface area contributed by atoms with E-state index in [1.165, 1.54) is 11.1 Å². The Morgan fingerprint density at radius 2 is 1.52 bits per heavy atom. The summed E-state index contributed by atoms with van der Waals surface area (Å²) < 4.78 is 3.04. The van der Waals surface area contributed by atoms with Crippen LogP contribution in [-0.4, -0.2) is 16.4 Å². The minimum absolute atomic E-state index is 0.207. The molecule has 2 rings (SSSR count). The van der Waals surface area contributed by atoms with Crippen molar-refractivity contribution in [2.75, 3.05) is 6.61 Å². The average Bonchev–Trinajstić information content (AvgIpc) is 2.54. The van der Waals surface area contributed by atoms with Crippen LogP contribution in [0.5, 0.6) is 0 Å². The highest BCUT2D eigenvalue weighted by molar-refractivity contribution is 6.75. The molecule has 0 aliphatic heterocycles. The molecular formula is C18H17Cl3O2. The minimum Gasteiger partial charge on any atom is -0.463 e. The van der Waals surface area contributed by atoms with Gasteiger partial charge in [0.2, 0.25) is 0 Å². The second-order valence-electron chi connectivity index (χ2n) is 5.22. The molecule has 23 heavy (non-hydrogen) atoms. The summed E-state index contributed by atoms with van der Waals surface area (Å²) in [6.45, 7) is 0.207. The first-order valence-corrected chi connectivity index (χ1v) is 8.43. The number of hydrogen-bond donors (Lipinski definition) is 0. The summed E-state index contributed by atoms with van der Waals surface area (Å²) in [5, 5.41) is 0. The Morgan fingerprint density at radius 3 is 2.09 bits per heavy atom. The molecule has 0 fully saturated rings. The molecule has 0 aliphatic rings. The standard InChI is InChI=1S/C18H17Cl3O2/c19-18(20,21)17(22)23-12-11-16(15-9-5-2-6-10-15)13-14-7-3-1-4-8-14/h1-10,16H,11-13H2. The van der Waals surface area contributed by atoms with Crippen LogP contribution in [0.15, 0.2) is 60.7 Å². The summed E-state index contributed by atoms with van der Waals surface area (Å²) in [7, 11) is 0. The summed E-state index contributed by atoms with van der Waals surface area (Å²) in [6, 6.07) is 20.3. The number of hydrogen-bond acceptors (Lipinski definition) is 2. The summed E-state index contributed by atoms with van der Waals surface area (Å²) in [5.74, 6) is -0.615. The van der Waals surface area contributed by atoms with Gasteiger partial charge in [-0.1, -0.05) is 95.5 Å². The molecule has 0 aromatic heterocycles. The average molecular weight is 372 g/mol. The number of benzene rings is 2. The molecule has 1 atom stereocenters. The number of rotatable bonds is 6. The van der Waals surface area contributed by atoms with Crippen molar-refractivity contribution >= 4 is 40.8 Å². The first-order chi connectivity index (χ1) is 11.0. The van der Waals surface area contributed by atoms with E-state index in [1.54, 1.807) is 0 Å². The van der Waals surface area contributed by atoms with Crippen molar-refractivity contribution in [1.29, 1.82) is 0 Å². The van der Waals surface area contributed by atoms with Crippen LogP contribution in [-0.2, 0) is 16.0 Å². The van der Waals surface area contributed by atoms with Gasteiger partial charge in [-0.15, -0.1) is 0 Å². The third-order valence-corrected chi connectivity index (χ3v) is 3.99. The molecule has 5 heteroatoms. The zero-order valence-electron chi connectivity index (χ0n) is 12.4. The zero-order valence-corrected chi connectivity index (χ0v) is 14.7. The third-order valence-electron chi connectivity index (χ3n) is 3.53. The van der Waals surface area contributed by atoms with Crippen LogP contribution >= 0.6 is 34.8 Å². The second kappa shape index (κ2) is 8.58. The number of carbonyl (C=O) groups is 1. The van der Waals surface area contributed by atoms with Crippen molar-refractivity contribution in [3.05, 3.63) is 71.8 Å². The Bertz CT molecular complexity index is 609. The van der Waals surface area contributed by atoms with E-state index >= 15 is 0 Å². The Morgan fingerprint density at radius 1 is 0.957 bits per heavy atom. The van der Waals surface area contributed by atoms with Crippen molar-refractivity contribution in [1.82, 2.24) is 0 Å². The predicted octanol–water partition coefficient (Wildman–Crippen LogP) is 5.32. The molecule has 0 bridgehead atoms. The highest BCUT2D eigenvalue weighted by Crippen LogP contribution is 2.29. The molecule has 0 saturated heterocycles. The van der Waals surface area contributed by atoms with Gasteiger partial charge in [-0.05, 0) is 29.9 Å². The van der Waals surface area contributed by atoms with Gasteiger partial charge < -0.3 is 4.74 Å². The fourth-order valence-electron chi connectivity index (χ4n) is 2.39. The van der Waals surface area contributed by atoms with Gasteiger partial charge in [0.1, 0.15) is 0 Å². The number of ether oxygens (including phenoxy) is 1. The van der Waals surface area contributed by atoms with Crippen LogP contribution in [0.3, 0.4) is 0 Å². The lowest BCUT2D eigenvalue weighted by Crippen LogP contribution is -2.23. The quantitative estimate of drug-likeness (QED) is 0.507. The van der Waals surface area contributed by atoms with Gasteiger partial charge in [0, 0.05) is 0 Å². The molecule has 0 heterocycles. The van der Waals surface area contributed by atoms with E-state index in [4.69, 9.17) is 39.5 Å². The molecule has 0 saturated carbocycles. The lowest BCUT2D eigenvalue weighted by Gasteiger charge is -2.18. The monoisotopic (exact) mass is 370 g/mol. The van der Waals surface area contributed by atoms with Crippen LogP contribution in [0.4, 0.5) is 0 Å². The van der Waals surface area contributed by atoms with Crippen LogP contribution in [0.25, 0.3) is 0 Å². The van der Waals surface area contributed by atoms with Gasteiger partial charge in [-0.2, -0.15) is 0 Å². The molecular weight excluding hydrogens is 355 g/mol. The van der Waals surface area contributed by atoms with E-state index in [9.17, 15) is 4.79 Å². The van der Waals surface area contributed by atoms with Crippen LogP contribution in [0, 0.1) is 0 Å². The molecule has 2 aromatic carbocycles. The van der Waals surface area contributed by atoms with Crippen LogP contribution in [0.2, 0.25) is 0 Å². The maximum absolute atomic E-state index is 11.5. The minimum atomic E-state index is -2.03. The van der Waals surface area contributed by atoms with Crippen LogP contribution < -0.4 is 0 Å². The van der Waals surface area contributed by atoms with Crippen molar-refractivity contribution < 1.29 is 9.53 Å². The lowest BCUT2D eigenvalue weighted by molar-refractivity contribution is -0.142. The molecule has 122 valence electrons. The zero-order chi connectivity index (χ0) is 16.7. The van der Waals surface area contributed by atoms with Gasteiger partial charge in [0.25, 0.3) is 3.79 Å². The summed E-state index contributed by atoms with van der Waals surface area (Å²) in [4.78, 5) is 11.5. The third kappa shape index (κ3) is 6.06. The maximum Gasteiger partial charge on any atom is 0.358 e. The summed E-state index contributed by atoms with van der Waals surface area (Å²) in [6.07, 6.45) is 1.52. The molecule has 0 aliphatic carbocycles. The summed E-state index contributed by atoms with van der Waals surface area (Å²) >= 11 is 16.5. The molecule has 0 radical (unpaired) electrons. The topological polar surface area (TPSA) is 26.3 Å². The molecule has 1 unspecified atom stereocenters. The number of carbonyl (C=O) groups excluding carboxylic acids is 1. The SMILES string of the molecule is O=C(OCCC(Cc1ccccc1)c1ccccc1)C(Cl)(Cl)Cl. The van der Waals surface area contributed by atoms with E-state index in [0.29, 0.717) is 6.42 Å². The Hall–Kier alpha value is -1.22. The fraction of sp³-hybridized carbons (Fsp3) is 0.278. The largest absolute Gasteiger partial charge is 0.463 e. The molecule has 2 aromatic rings. The van der Waals surface area contributed by atoms with E-state index in [0.717, 1.165) is 6.42 Å². The first-order valence-electron chi connectivity index (χ1n) is 7.29. The Kier molecular flexibility index (Phi) is 6.76. The van der Waals surface area contributed by atoms with E-state index in [1.807, 2.05) is 36.4 Å². The number of esters is 1.